The minimum atomic E-state index is -1.33. The zero-order chi connectivity index (χ0) is 28.8. The van der Waals surface area contributed by atoms with Crippen molar-refractivity contribution in [2.75, 3.05) is 13.2 Å². The Labute approximate surface area is 229 Å². The fourth-order valence-corrected chi connectivity index (χ4v) is 4.55. The van der Waals surface area contributed by atoms with Crippen LogP contribution < -0.4 is 9.47 Å². The predicted molar refractivity (Wildman–Crippen MR) is 140 cm³/mol. The van der Waals surface area contributed by atoms with E-state index in [0.29, 0.717) is 31.4 Å². The molecule has 0 fully saturated rings. The Balaban J connectivity index is 1.43. The highest BCUT2D eigenvalue weighted by molar-refractivity contribution is 5.72. The van der Waals surface area contributed by atoms with Gasteiger partial charge in [-0.3, -0.25) is 0 Å². The third-order valence-corrected chi connectivity index (χ3v) is 6.78. The molecule has 3 aromatic rings. The Morgan fingerprint density at radius 1 is 0.700 bits per heavy atom. The molecule has 1 unspecified atom stereocenters. The average Bonchev–Trinajstić information content (AvgIpc) is 2.96. The summed E-state index contributed by atoms with van der Waals surface area (Å²) in [5.74, 6) is -7.61. The molecule has 40 heavy (non-hydrogen) atoms. The highest BCUT2D eigenvalue weighted by Gasteiger charge is 2.24. The van der Waals surface area contributed by atoms with Crippen molar-refractivity contribution in [3.63, 3.8) is 0 Å². The number of hydrogen-bond donors (Lipinski definition) is 0. The maximum absolute atomic E-state index is 15.1. The quantitative estimate of drug-likeness (QED) is 0.172. The Morgan fingerprint density at radius 2 is 1.30 bits per heavy atom. The first-order chi connectivity index (χ1) is 19.3. The number of halogens is 6. The van der Waals surface area contributed by atoms with Gasteiger partial charge >= 0.3 is 0 Å². The number of rotatable bonds is 11. The zero-order valence-corrected chi connectivity index (χ0v) is 22.3. The Morgan fingerprint density at radius 3 is 1.98 bits per heavy atom. The molecule has 1 aliphatic rings. The number of allylic oxidation sites excluding steroid dienone is 1. The van der Waals surface area contributed by atoms with Crippen molar-refractivity contribution >= 4 is 5.57 Å². The van der Waals surface area contributed by atoms with Gasteiger partial charge in [0, 0.05) is 22.3 Å². The molecule has 0 N–H and O–H groups in total. The highest BCUT2D eigenvalue weighted by atomic mass is 19.2. The fourth-order valence-electron chi connectivity index (χ4n) is 4.55. The van der Waals surface area contributed by atoms with Crippen LogP contribution in [0.1, 0.15) is 57.1 Å². The van der Waals surface area contributed by atoms with Crippen LogP contribution >= 0.6 is 0 Å². The van der Waals surface area contributed by atoms with Crippen LogP contribution in [-0.4, -0.2) is 19.3 Å². The Bertz CT molecular complexity index is 1390. The second kappa shape index (κ2) is 13.3. The van der Waals surface area contributed by atoms with Crippen molar-refractivity contribution in [3.05, 3.63) is 88.5 Å². The first kappa shape index (κ1) is 29.5. The van der Waals surface area contributed by atoms with E-state index in [2.05, 4.69) is 0 Å². The van der Waals surface area contributed by atoms with Crippen molar-refractivity contribution < 1.29 is 40.6 Å². The number of ether oxygens (including phenoxy) is 3. The van der Waals surface area contributed by atoms with Crippen LogP contribution in [0.15, 0.2) is 42.5 Å². The summed E-state index contributed by atoms with van der Waals surface area (Å²) in [5.41, 5.74) is -0.226. The van der Waals surface area contributed by atoms with Gasteiger partial charge in [0.05, 0.1) is 25.9 Å². The summed E-state index contributed by atoms with van der Waals surface area (Å²) in [5, 5.41) is 0. The first-order valence-corrected chi connectivity index (χ1v) is 13.3. The lowest BCUT2D eigenvalue weighted by molar-refractivity contribution is 0.0341. The molecule has 0 saturated carbocycles. The van der Waals surface area contributed by atoms with E-state index in [1.54, 1.807) is 13.0 Å². The maximum atomic E-state index is 15.1. The van der Waals surface area contributed by atoms with Crippen LogP contribution in [-0.2, 0) is 11.3 Å². The fraction of sp³-hybridized carbons (Fsp3) is 0.355. The van der Waals surface area contributed by atoms with E-state index >= 15 is 8.78 Å². The molecule has 0 saturated heterocycles. The van der Waals surface area contributed by atoms with Crippen LogP contribution in [0, 0.1) is 34.9 Å². The van der Waals surface area contributed by atoms with E-state index in [-0.39, 0.29) is 41.9 Å². The van der Waals surface area contributed by atoms with Crippen LogP contribution in [0.5, 0.6) is 11.5 Å². The lowest BCUT2D eigenvalue weighted by atomic mass is 9.90. The summed E-state index contributed by atoms with van der Waals surface area (Å²) in [7, 11) is 0. The van der Waals surface area contributed by atoms with Crippen molar-refractivity contribution in [1.29, 1.82) is 0 Å². The second-order valence-electron chi connectivity index (χ2n) is 9.45. The van der Waals surface area contributed by atoms with Gasteiger partial charge in [0.2, 0.25) is 11.6 Å². The molecule has 0 heterocycles. The van der Waals surface area contributed by atoms with E-state index in [1.165, 1.54) is 30.3 Å². The van der Waals surface area contributed by atoms with E-state index in [9.17, 15) is 17.6 Å². The average molecular weight is 565 g/mol. The summed E-state index contributed by atoms with van der Waals surface area (Å²) in [6, 6.07) is 7.65. The van der Waals surface area contributed by atoms with Crippen LogP contribution in [0.3, 0.4) is 0 Å². The second-order valence-corrected chi connectivity index (χ2v) is 9.45. The third kappa shape index (κ3) is 6.30. The van der Waals surface area contributed by atoms with Crippen molar-refractivity contribution in [2.45, 2.75) is 58.7 Å². The molecular weight excluding hydrogens is 534 g/mol. The summed E-state index contributed by atoms with van der Waals surface area (Å²) >= 11 is 0. The van der Waals surface area contributed by atoms with E-state index in [4.69, 9.17) is 14.2 Å². The minimum absolute atomic E-state index is 0.0123. The van der Waals surface area contributed by atoms with Gasteiger partial charge in [-0.1, -0.05) is 31.6 Å². The summed E-state index contributed by atoms with van der Waals surface area (Å²) in [4.78, 5) is 0. The maximum Gasteiger partial charge on any atom is 0.201 e. The van der Waals surface area contributed by atoms with Gasteiger partial charge in [-0.2, -0.15) is 8.78 Å². The molecule has 0 bridgehead atoms. The van der Waals surface area contributed by atoms with Gasteiger partial charge in [0.1, 0.15) is 0 Å². The van der Waals surface area contributed by atoms with Crippen LogP contribution in [0.2, 0.25) is 0 Å². The van der Waals surface area contributed by atoms with Crippen molar-refractivity contribution in [3.8, 4) is 22.6 Å². The molecule has 0 spiro atoms. The van der Waals surface area contributed by atoms with Crippen molar-refractivity contribution in [2.24, 2.45) is 0 Å². The van der Waals surface area contributed by atoms with Crippen molar-refractivity contribution in [1.82, 2.24) is 0 Å². The Hall–Kier alpha value is -3.46. The Kier molecular flexibility index (Phi) is 9.79. The van der Waals surface area contributed by atoms with Gasteiger partial charge in [-0.15, -0.1) is 0 Å². The van der Waals surface area contributed by atoms with Gasteiger partial charge in [-0.05, 0) is 62.4 Å². The molecule has 0 aliphatic heterocycles. The highest BCUT2D eigenvalue weighted by Crippen LogP contribution is 2.37. The predicted octanol–water partition coefficient (Wildman–Crippen LogP) is 8.92. The summed E-state index contributed by atoms with van der Waals surface area (Å²) in [6.45, 7) is 3.83. The molecular formula is C31H30F6O3. The molecule has 1 atom stereocenters. The molecule has 3 aromatic carbocycles. The van der Waals surface area contributed by atoms with Crippen LogP contribution in [0.4, 0.5) is 26.3 Å². The molecule has 1 aliphatic carbocycles. The number of unbranched alkanes of at least 4 members (excludes halogenated alkanes) is 1. The van der Waals surface area contributed by atoms with Crippen LogP contribution in [0.25, 0.3) is 16.7 Å². The standard InChI is InChI=1S/C31H30F6O3/c1-3-5-16-39-25-14-8-19(26(32)30(25)36)17-40-20-9-6-18(7-10-20)21-11-12-22(28(34)27(21)33)23-13-15-24(38-4-2)31(37)29(23)35/h6,8,11-15,20H,3-5,7,9-10,16-17H2,1-2H3. The molecule has 0 aromatic heterocycles. The SMILES string of the molecule is CCCCOc1ccc(COC2CC=C(c3ccc(-c4ccc(OCC)c(F)c4F)c(F)c3F)CC2)c(F)c1F. The number of benzene rings is 3. The summed E-state index contributed by atoms with van der Waals surface area (Å²) < 4.78 is 104. The lowest BCUT2D eigenvalue weighted by Gasteiger charge is -2.23. The van der Waals surface area contributed by atoms with Gasteiger partial charge in [0.25, 0.3) is 0 Å². The van der Waals surface area contributed by atoms with E-state index < -0.39 is 46.0 Å². The first-order valence-electron chi connectivity index (χ1n) is 13.3. The topological polar surface area (TPSA) is 27.7 Å². The minimum Gasteiger partial charge on any atom is -0.491 e. The molecule has 0 amide bonds. The molecule has 0 radical (unpaired) electrons. The monoisotopic (exact) mass is 564 g/mol. The lowest BCUT2D eigenvalue weighted by Crippen LogP contribution is -2.16. The smallest absolute Gasteiger partial charge is 0.201 e. The molecule has 4 rings (SSSR count). The zero-order valence-electron chi connectivity index (χ0n) is 22.3. The van der Waals surface area contributed by atoms with Gasteiger partial charge < -0.3 is 14.2 Å². The van der Waals surface area contributed by atoms with Gasteiger partial charge in [-0.25, -0.2) is 17.6 Å². The van der Waals surface area contributed by atoms with Gasteiger partial charge in [0.15, 0.2) is 34.8 Å². The number of hydrogen-bond acceptors (Lipinski definition) is 3. The third-order valence-electron chi connectivity index (χ3n) is 6.78. The van der Waals surface area contributed by atoms with E-state index in [0.717, 1.165) is 18.9 Å². The normalized spacial score (nSPS) is 15.2. The molecule has 9 heteroatoms. The molecule has 214 valence electrons. The van der Waals surface area contributed by atoms with E-state index in [1.807, 2.05) is 6.92 Å². The summed E-state index contributed by atoms with van der Waals surface area (Å²) in [6.07, 6.45) is 4.09. The largest absolute Gasteiger partial charge is 0.491 e. The molecule has 3 nitrogen and oxygen atoms in total.